The van der Waals surface area contributed by atoms with Crippen molar-refractivity contribution in [1.82, 2.24) is 0 Å². The Bertz CT molecular complexity index is 539. The minimum Gasteiger partial charge on any atom is -0.320 e. The largest absolute Gasteiger partial charge is 0.320 e. The molecule has 0 saturated heterocycles. The monoisotopic (exact) mass is 323 g/mol. The molecule has 2 aromatic rings. The van der Waals surface area contributed by atoms with Gasteiger partial charge in [0.15, 0.2) is 0 Å². The van der Waals surface area contributed by atoms with Crippen LogP contribution < -0.4 is 5.73 Å². The molecule has 2 rings (SSSR count). The summed E-state index contributed by atoms with van der Waals surface area (Å²) >= 11 is 5.37. The van der Waals surface area contributed by atoms with Crippen molar-refractivity contribution in [3.8, 4) is 0 Å². The summed E-state index contributed by atoms with van der Waals surface area (Å²) in [6.45, 7) is 6.69. The summed E-state index contributed by atoms with van der Waals surface area (Å²) in [4.78, 5) is 2.59. The van der Waals surface area contributed by atoms with E-state index in [2.05, 4.69) is 54.9 Å². The molecule has 1 nitrogen and oxygen atoms in total. The minimum absolute atomic E-state index is 0.0540. The van der Waals surface area contributed by atoms with Gasteiger partial charge in [0.25, 0.3) is 0 Å². The zero-order valence-corrected chi connectivity index (χ0v) is 13.3. The fraction of sp³-hybridized carbons (Fsp3) is 0.333. The molecule has 0 radical (unpaired) electrons. The fourth-order valence-corrected chi connectivity index (χ4v) is 3.42. The lowest BCUT2D eigenvalue weighted by molar-refractivity contribution is 0.604. The molecule has 18 heavy (non-hydrogen) atoms. The minimum atomic E-state index is -0.0540. The second-order valence-electron chi connectivity index (χ2n) is 5.45. The van der Waals surface area contributed by atoms with Crippen molar-refractivity contribution in [3.63, 3.8) is 0 Å². The predicted octanol–water partition coefficient (Wildman–Crippen LogP) is 4.86. The van der Waals surface area contributed by atoms with E-state index in [1.165, 1.54) is 9.75 Å². The van der Waals surface area contributed by atoms with Gasteiger partial charge in [-0.05, 0) is 29.2 Å². The molecule has 0 aliphatic rings. The molecule has 0 fully saturated rings. The Morgan fingerprint density at radius 2 is 1.78 bits per heavy atom. The Kier molecular flexibility index (Phi) is 3.95. The average Bonchev–Trinajstić information content (AvgIpc) is 2.77. The zero-order chi connectivity index (χ0) is 13.3. The molecule has 1 heterocycles. The second-order valence-corrected chi connectivity index (χ2v) is 7.42. The van der Waals surface area contributed by atoms with Gasteiger partial charge in [-0.25, -0.2) is 0 Å². The molecular weight excluding hydrogens is 306 g/mol. The van der Waals surface area contributed by atoms with E-state index in [-0.39, 0.29) is 11.5 Å². The first kappa shape index (κ1) is 13.8. The lowest BCUT2D eigenvalue weighted by atomic mass is 9.95. The SMILES string of the molecule is CC(C)(C)c1ccc(C(N)c2ccccc2Br)s1. The van der Waals surface area contributed by atoms with E-state index in [9.17, 15) is 0 Å². The Balaban J connectivity index is 2.33. The van der Waals surface area contributed by atoms with Crippen molar-refractivity contribution >= 4 is 27.3 Å². The molecule has 0 amide bonds. The Morgan fingerprint density at radius 1 is 1.11 bits per heavy atom. The van der Waals surface area contributed by atoms with Crippen LogP contribution >= 0.6 is 27.3 Å². The van der Waals surface area contributed by atoms with Crippen LogP contribution in [-0.4, -0.2) is 0 Å². The summed E-state index contributed by atoms with van der Waals surface area (Å²) in [5.41, 5.74) is 7.68. The van der Waals surface area contributed by atoms with Crippen molar-refractivity contribution in [3.05, 3.63) is 56.2 Å². The molecular formula is C15H18BrNS. The third-order valence-electron chi connectivity index (χ3n) is 2.91. The summed E-state index contributed by atoms with van der Waals surface area (Å²) in [6.07, 6.45) is 0. The van der Waals surface area contributed by atoms with Gasteiger partial charge in [0.05, 0.1) is 6.04 Å². The maximum Gasteiger partial charge on any atom is 0.0657 e. The first-order valence-electron chi connectivity index (χ1n) is 6.00. The van der Waals surface area contributed by atoms with Crippen LogP contribution in [0.5, 0.6) is 0 Å². The molecule has 0 aliphatic carbocycles. The van der Waals surface area contributed by atoms with Gasteiger partial charge >= 0.3 is 0 Å². The van der Waals surface area contributed by atoms with E-state index in [1.807, 2.05) is 18.2 Å². The summed E-state index contributed by atoms with van der Waals surface area (Å²) in [7, 11) is 0. The highest BCUT2D eigenvalue weighted by molar-refractivity contribution is 9.10. The van der Waals surface area contributed by atoms with Crippen LogP contribution in [0.15, 0.2) is 40.9 Å². The Hall–Kier alpha value is -0.640. The highest BCUT2D eigenvalue weighted by atomic mass is 79.9. The van der Waals surface area contributed by atoms with E-state index < -0.39 is 0 Å². The van der Waals surface area contributed by atoms with Crippen molar-refractivity contribution in [2.45, 2.75) is 32.2 Å². The van der Waals surface area contributed by atoms with Crippen LogP contribution in [-0.2, 0) is 5.41 Å². The number of thiophene rings is 1. The van der Waals surface area contributed by atoms with Gasteiger partial charge in [-0.1, -0.05) is 54.9 Å². The quantitative estimate of drug-likeness (QED) is 0.839. The number of halogens is 1. The van der Waals surface area contributed by atoms with Gasteiger partial charge in [-0.15, -0.1) is 11.3 Å². The van der Waals surface area contributed by atoms with Crippen LogP contribution in [0.2, 0.25) is 0 Å². The molecule has 3 heteroatoms. The van der Waals surface area contributed by atoms with Crippen LogP contribution in [0.3, 0.4) is 0 Å². The summed E-state index contributed by atoms with van der Waals surface area (Å²) < 4.78 is 1.07. The van der Waals surface area contributed by atoms with Gasteiger partial charge in [0, 0.05) is 14.2 Å². The number of hydrogen-bond donors (Lipinski definition) is 1. The molecule has 1 aromatic heterocycles. The van der Waals surface area contributed by atoms with Crippen molar-refractivity contribution in [1.29, 1.82) is 0 Å². The molecule has 1 unspecified atom stereocenters. The van der Waals surface area contributed by atoms with Gasteiger partial charge < -0.3 is 5.73 Å². The Labute approximate surface area is 121 Å². The number of hydrogen-bond acceptors (Lipinski definition) is 2. The van der Waals surface area contributed by atoms with Gasteiger partial charge in [0.2, 0.25) is 0 Å². The van der Waals surface area contributed by atoms with Crippen molar-refractivity contribution in [2.75, 3.05) is 0 Å². The normalized spacial score (nSPS) is 13.6. The molecule has 2 N–H and O–H groups in total. The number of benzene rings is 1. The van der Waals surface area contributed by atoms with Crippen LogP contribution in [0.4, 0.5) is 0 Å². The lowest BCUT2D eigenvalue weighted by Gasteiger charge is -2.16. The summed E-state index contributed by atoms with van der Waals surface area (Å²) in [5.74, 6) is 0. The van der Waals surface area contributed by atoms with E-state index in [0.717, 1.165) is 10.0 Å². The standard InChI is InChI=1S/C15H18BrNS/c1-15(2,3)13-9-8-12(18-13)14(17)10-6-4-5-7-11(10)16/h4-9,14H,17H2,1-3H3. The topological polar surface area (TPSA) is 26.0 Å². The van der Waals surface area contributed by atoms with Gasteiger partial charge in [-0.2, -0.15) is 0 Å². The van der Waals surface area contributed by atoms with Crippen LogP contribution in [0.25, 0.3) is 0 Å². The van der Waals surface area contributed by atoms with Crippen LogP contribution in [0, 0.1) is 0 Å². The molecule has 1 aromatic carbocycles. The van der Waals surface area contributed by atoms with E-state index in [4.69, 9.17) is 5.73 Å². The van der Waals surface area contributed by atoms with Crippen molar-refractivity contribution < 1.29 is 0 Å². The first-order chi connectivity index (χ1) is 8.39. The third-order valence-corrected chi connectivity index (χ3v) is 5.23. The van der Waals surface area contributed by atoms with E-state index >= 15 is 0 Å². The average molecular weight is 324 g/mol. The smallest absolute Gasteiger partial charge is 0.0657 e. The van der Waals surface area contributed by atoms with Crippen molar-refractivity contribution in [2.24, 2.45) is 5.73 Å². The highest BCUT2D eigenvalue weighted by Gasteiger charge is 2.19. The van der Waals surface area contributed by atoms with Gasteiger partial charge in [0.1, 0.15) is 0 Å². The molecule has 0 spiro atoms. The molecule has 0 aliphatic heterocycles. The summed E-state index contributed by atoms with van der Waals surface area (Å²) in [5, 5.41) is 0. The van der Waals surface area contributed by atoms with E-state index in [0.29, 0.717) is 0 Å². The second kappa shape index (κ2) is 5.16. The molecule has 1 atom stereocenters. The maximum absolute atomic E-state index is 6.35. The number of rotatable bonds is 2. The lowest BCUT2D eigenvalue weighted by Crippen LogP contribution is -2.11. The summed E-state index contributed by atoms with van der Waals surface area (Å²) in [6, 6.07) is 12.4. The fourth-order valence-electron chi connectivity index (χ4n) is 1.80. The number of nitrogens with two attached hydrogens (primary N) is 1. The Morgan fingerprint density at radius 3 is 2.33 bits per heavy atom. The zero-order valence-electron chi connectivity index (χ0n) is 10.9. The van der Waals surface area contributed by atoms with Crippen LogP contribution in [0.1, 0.15) is 42.1 Å². The van der Waals surface area contributed by atoms with Gasteiger partial charge in [-0.3, -0.25) is 0 Å². The molecule has 0 saturated carbocycles. The molecule has 0 bridgehead atoms. The molecule has 96 valence electrons. The first-order valence-corrected chi connectivity index (χ1v) is 7.61. The third kappa shape index (κ3) is 2.85. The highest BCUT2D eigenvalue weighted by Crippen LogP contribution is 2.35. The maximum atomic E-state index is 6.35. The van der Waals surface area contributed by atoms with E-state index in [1.54, 1.807) is 11.3 Å². The predicted molar refractivity (Wildman–Crippen MR) is 83.2 cm³/mol.